The average Bonchev–Trinajstić information content (AvgIpc) is 3.32. The van der Waals surface area contributed by atoms with E-state index in [1.807, 2.05) is 0 Å². The third kappa shape index (κ3) is 3.41. The molecule has 3 rings (SSSR count). The highest BCUT2D eigenvalue weighted by atomic mass is 16.5. The van der Waals surface area contributed by atoms with Crippen LogP contribution in [0.4, 0.5) is 0 Å². The van der Waals surface area contributed by atoms with E-state index in [9.17, 15) is 9.59 Å². The van der Waals surface area contributed by atoms with E-state index >= 15 is 0 Å². The van der Waals surface area contributed by atoms with Gasteiger partial charge in [-0.1, -0.05) is 5.16 Å². The lowest BCUT2D eigenvalue weighted by molar-refractivity contribution is -0.145. The quantitative estimate of drug-likeness (QED) is 0.765. The van der Waals surface area contributed by atoms with Gasteiger partial charge >= 0.3 is 5.97 Å². The Morgan fingerprint density at radius 3 is 3.09 bits per heavy atom. The van der Waals surface area contributed by atoms with Crippen LogP contribution >= 0.6 is 0 Å². The second kappa shape index (κ2) is 6.64. The van der Waals surface area contributed by atoms with Crippen LogP contribution in [-0.2, 0) is 20.7 Å². The number of furan rings is 1. The highest BCUT2D eigenvalue weighted by Crippen LogP contribution is 2.19. The van der Waals surface area contributed by atoms with Gasteiger partial charge in [-0.2, -0.15) is 4.98 Å². The molecular weight excluding hydrogens is 302 g/mol. The standard InChI is InChI=1S/C15H17N3O5/c1-21-15(20)10-6-7-18(9-10)13(19)5-4-12-16-14(17-23-12)11-3-2-8-22-11/h2-3,8,10H,4-7,9H2,1H3. The number of ether oxygens (including phenoxy) is 1. The molecule has 1 saturated heterocycles. The number of amides is 1. The number of likely N-dealkylation sites (tertiary alicyclic amines) is 1. The number of carbonyl (C=O) groups is 2. The zero-order valence-corrected chi connectivity index (χ0v) is 12.7. The van der Waals surface area contributed by atoms with Crippen LogP contribution in [0.1, 0.15) is 18.7 Å². The van der Waals surface area contributed by atoms with Crippen molar-refractivity contribution in [2.75, 3.05) is 20.2 Å². The second-order valence-corrected chi connectivity index (χ2v) is 5.34. The van der Waals surface area contributed by atoms with Gasteiger partial charge in [0.2, 0.25) is 17.6 Å². The van der Waals surface area contributed by atoms with Crippen molar-refractivity contribution in [2.45, 2.75) is 19.3 Å². The topological polar surface area (TPSA) is 98.7 Å². The lowest BCUT2D eigenvalue weighted by atomic mass is 10.1. The molecule has 0 aromatic carbocycles. The van der Waals surface area contributed by atoms with Gasteiger partial charge in [0, 0.05) is 25.9 Å². The minimum Gasteiger partial charge on any atom is -0.469 e. The molecule has 2 aromatic heterocycles. The fourth-order valence-electron chi connectivity index (χ4n) is 2.58. The minimum absolute atomic E-state index is 0.0332. The Hall–Kier alpha value is -2.64. The molecule has 1 amide bonds. The van der Waals surface area contributed by atoms with Crippen molar-refractivity contribution in [3.05, 3.63) is 24.3 Å². The van der Waals surface area contributed by atoms with Gasteiger partial charge < -0.3 is 18.6 Å². The molecule has 23 heavy (non-hydrogen) atoms. The van der Waals surface area contributed by atoms with Gasteiger partial charge in [0.1, 0.15) is 0 Å². The zero-order valence-electron chi connectivity index (χ0n) is 12.7. The van der Waals surface area contributed by atoms with Crippen molar-refractivity contribution in [3.8, 4) is 11.6 Å². The lowest BCUT2D eigenvalue weighted by Crippen LogP contribution is -2.30. The highest BCUT2D eigenvalue weighted by Gasteiger charge is 2.31. The molecule has 1 atom stereocenters. The molecule has 1 fully saturated rings. The Bertz CT molecular complexity index is 679. The Morgan fingerprint density at radius 1 is 1.48 bits per heavy atom. The maximum Gasteiger partial charge on any atom is 0.310 e. The van der Waals surface area contributed by atoms with E-state index in [4.69, 9.17) is 13.7 Å². The summed E-state index contributed by atoms with van der Waals surface area (Å²) in [7, 11) is 1.36. The predicted molar refractivity (Wildman–Crippen MR) is 77.0 cm³/mol. The number of aryl methyl sites for hydroxylation is 1. The zero-order chi connectivity index (χ0) is 16.2. The monoisotopic (exact) mass is 319 g/mol. The van der Waals surface area contributed by atoms with Gasteiger partial charge in [0.05, 0.1) is 19.3 Å². The summed E-state index contributed by atoms with van der Waals surface area (Å²) in [5, 5.41) is 3.81. The number of esters is 1. The number of hydrogen-bond donors (Lipinski definition) is 0. The number of nitrogens with zero attached hydrogens (tertiary/aromatic N) is 3. The van der Waals surface area contributed by atoms with Crippen molar-refractivity contribution < 1.29 is 23.3 Å². The number of methoxy groups -OCH3 is 1. The summed E-state index contributed by atoms with van der Waals surface area (Å²) in [5.74, 6) is 0.747. The van der Waals surface area contributed by atoms with E-state index in [1.54, 1.807) is 17.0 Å². The molecule has 8 heteroatoms. The third-order valence-corrected chi connectivity index (χ3v) is 3.84. The summed E-state index contributed by atoms with van der Waals surface area (Å²) in [6.45, 7) is 0.979. The van der Waals surface area contributed by atoms with Gasteiger partial charge in [-0.3, -0.25) is 9.59 Å². The molecule has 0 spiro atoms. The fourth-order valence-corrected chi connectivity index (χ4v) is 2.58. The maximum absolute atomic E-state index is 12.2. The van der Waals surface area contributed by atoms with E-state index in [2.05, 4.69) is 10.1 Å². The third-order valence-electron chi connectivity index (χ3n) is 3.84. The molecule has 0 radical (unpaired) electrons. The van der Waals surface area contributed by atoms with Crippen LogP contribution in [0.3, 0.4) is 0 Å². The fraction of sp³-hybridized carbons (Fsp3) is 0.467. The molecule has 3 heterocycles. The van der Waals surface area contributed by atoms with Crippen molar-refractivity contribution in [1.82, 2.24) is 15.0 Å². The SMILES string of the molecule is COC(=O)C1CCN(C(=O)CCc2nc(-c3ccco3)no2)C1. The average molecular weight is 319 g/mol. The number of rotatable bonds is 5. The largest absolute Gasteiger partial charge is 0.469 e. The van der Waals surface area contributed by atoms with E-state index in [0.29, 0.717) is 43.4 Å². The summed E-state index contributed by atoms with van der Waals surface area (Å²) < 4.78 is 15.0. The first-order valence-corrected chi connectivity index (χ1v) is 7.39. The van der Waals surface area contributed by atoms with Crippen LogP contribution in [0, 0.1) is 5.92 Å². The Labute approximate surface area is 132 Å². The lowest BCUT2D eigenvalue weighted by Gasteiger charge is -2.15. The second-order valence-electron chi connectivity index (χ2n) is 5.34. The van der Waals surface area contributed by atoms with Gasteiger partial charge in [-0.25, -0.2) is 0 Å². The minimum atomic E-state index is -0.264. The Balaban J connectivity index is 1.51. The van der Waals surface area contributed by atoms with Crippen LogP contribution in [0.5, 0.6) is 0 Å². The van der Waals surface area contributed by atoms with Gasteiger partial charge in [0.15, 0.2) is 5.76 Å². The molecular formula is C15H17N3O5. The van der Waals surface area contributed by atoms with Gasteiger partial charge in [0.25, 0.3) is 0 Å². The molecule has 0 N–H and O–H groups in total. The van der Waals surface area contributed by atoms with Crippen LogP contribution in [-0.4, -0.2) is 47.1 Å². The van der Waals surface area contributed by atoms with Crippen LogP contribution < -0.4 is 0 Å². The smallest absolute Gasteiger partial charge is 0.310 e. The summed E-state index contributed by atoms with van der Waals surface area (Å²) in [4.78, 5) is 29.5. The molecule has 1 aliphatic rings. The maximum atomic E-state index is 12.2. The van der Waals surface area contributed by atoms with Crippen LogP contribution in [0.2, 0.25) is 0 Å². The summed E-state index contributed by atoms with van der Waals surface area (Å²) >= 11 is 0. The molecule has 0 aliphatic carbocycles. The number of carbonyl (C=O) groups excluding carboxylic acids is 2. The van der Waals surface area contributed by atoms with E-state index in [1.165, 1.54) is 13.4 Å². The first kappa shape index (κ1) is 15.3. The number of aromatic nitrogens is 2. The Morgan fingerprint density at radius 2 is 2.35 bits per heavy atom. The summed E-state index contributed by atoms with van der Waals surface area (Å²) in [5.41, 5.74) is 0. The molecule has 2 aromatic rings. The van der Waals surface area contributed by atoms with Crippen LogP contribution in [0.25, 0.3) is 11.6 Å². The first-order chi connectivity index (χ1) is 11.2. The van der Waals surface area contributed by atoms with Crippen molar-refractivity contribution in [2.24, 2.45) is 5.92 Å². The van der Waals surface area contributed by atoms with Crippen molar-refractivity contribution in [3.63, 3.8) is 0 Å². The predicted octanol–water partition coefficient (Wildman–Crippen LogP) is 1.28. The van der Waals surface area contributed by atoms with E-state index < -0.39 is 0 Å². The molecule has 0 bridgehead atoms. The highest BCUT2D eigenvalue weighted by molar-refractivity contribution is 5.79. The van der Waals surface area contributed by atoms with Gasteiger partial charge in [-0.05, 0) is 18.6 Å². The molecule has 0 saturated carbocycles. The van der Waals surface area contributed by atoms with Gasteiger partial charge in [-0.15, -0.1) is 0 Å². The molecule has 8 nitrogen and oxygen atoms in total. The van der Waals surface area contributed by atoms with E-state index in [0.717, 1.165) is 0 Å². The Kier molecular flexibility index (Phi) is 4.40. The molecule has 1 unspecified atom stereocenters. The normalized spacial score (nSPS) is 17.4. The number of hydrogen-bond acceptors (Lipinski definition) is 7. The summed E-state index contributed by atoms with van der Waals surface area (Å²) in [6, 6.07) is 3.47. The first-order valence-electron chi connectivity index (χ1n) is 7.39. The van der Waals surface area contributed by atoms with E-state index in [-0.39, 0.29) is 24.2 Å². The van der Waals surface area contributed by atoms with Crippen molar-refractivity contribution >= 4 is 11.9 Å². The molecule has 1 aliphatic heterocycles. The summed E-state index contributed by atoms with van der Waals surface area (Å²) in [6.07, 6.45) is 2.78. The van der Waals surface area contributed by atoms with Crippen molar-refractivity contribution in [1.29, 1.82) is 0 Å². The molecule has 122 valence electrons. The van der Waals surface area contributed by atoms with Crippen LogP contribution in [0.15, 0.2) is 27.3 Å².